The first-order valence-electron chi connectivity index (χ1n) is 6.36. The van der Waals surface area contributed by atoms with Gasteiger partial charge in [0.15, 0.2) is 0 Å². The molecule has 1 N–H and O–H groups in total. The highest BCUT2D eigenvalue weighted by molar-refractivity contribution is 9.10. The van der Waals surface area contributed by atoms with E-state index in [0.717, 1.165) is 16.8 Å². The first-order valence-corrected chi connectivity index (χ1v) is 7.15. The van der Waals surface area contributed by atoms with Crippen LogP contribution in [0.4, 0.5) is 10.1 Å². The third-order valence-corrected chi connectivity index (χ3v) is 3.69. The number of halogens is 2. The zero-order chi connectivity index (χ0) is 14.5. The van der Waals surface area contributed by atoms with E-state index in [1.54, 1.807) is 13.2 Å². The van der Waals surface area contributed by atoms with E-state index in [2.05, 4.69) is 33.4 Å². The summed E-state index contributed by atoms with van der Waals surface area (Å²) in [5.74, 6) is -0.239. The summed E-state index contributed by atoms with van der Waals surface area (Å²) in [5.41, 5.74) is 4.14. The largest absolute Gasteiger partial charge is 0.381 e. The minimum atomic E-state index is -0.239. The fraction of sp³-hybridized carbons (Fsp3) is 0.250. The van der Waals surface area contributed by atoms with E-state index in [1.165, 1.54) is 11.6 Å². The van der Waals surface area contributed by atoms with Crippen LogP contribution in [-0.2, 0) is 17.9 Å². The standard InChI is InChI=1S/C16H17BrFNO/c1-11-7-15(18)14(17)8-16(11)19-9-12-3-5-13(6-4-12)10-20-2/h3-8,19H,9-10H2,1-2H3. The van der Waals surface area contributed by atoms with Gasteiger partial charge in [0, 0.05) is 19.3 Å². The van der Waals surface area contributed by atoms with Crippen LogP contribution in [-0.4, -0.2) is 7.11 Å². The molecule has 0 aliphatic heterocycles. The molecular weight excluding hydrogens is 321 g/mol. The van der Waals surface area contributed by atoms with Crippen molar-refractivity contribution in [3.05, 3.63) is 63.4 Å². The summed E-state index contributed by atoms with van der Waals surface area (Å²) in [6, 6.07) is 11.5. The summed E-state index contributed by atoms with van der Waals surface area (Å²) in [7, 11) is 1.69. The Bertz CT molecular complexity index is 584. The van der Waals surface area contributed by atoms with E-state index < -0.39 is 0 Å². The fourth-order valence-electron chi connectivity index (χ4n) is 1.95. The van der Waals surface area contributed by atoms with Crippen LogP contribution in [0.2, 0.25) is 0 Å². The molecule has 0 aromatic heterocycles. The summed E-state index contributed by atoms with van der Waals surface area (Å²) < 4.78 is 18.9. The summed E-state index contributed by atoms with van der Waals surface area (Å²) >= 11 is 3.20. The maximum atomic E-state index is 13.4. The highest BCUT2D eigenvalue weighted by atomic mass is 79.9. The summed E-state index contributed by atoms with van der Waals surface area (Å²) in [5, 5.41) is 3.32. The molecule has 0 heterocycles. The van der Waals surface area contributed by atoms with Gasteiger partial charge in [0.2, 0.25) is 0 Å². The van der Waals surface area contributed by atoms with Crippen LogP contribution in [0.25, 0.3) is 0 Å². The van der Waals surface area contributed by atoms with Crippen LogP contribution >= 0.6 is 15.9 Å². The molecule has 0 aliphatic carbocycles. The molecule has 106 valence electrons. The van der Waals surface area contributed by atoms with Crippen molar-refractivity contribution >= 4 is 21.6 Å². The van der Waals surface area contributed by atoms with Gasteiger partial charge < -0.3 is 10.1 Å². The number of benzene rings is 2. The van der Waals surface area contributed by atoms with Gasteiger partial charge in [-0.3, -0.25) is 0 Å². The second-order valence-corrected chi connectivity index (χ2v) is 5.54. The van der Waals surface area contributed by atoms with Gasteiger partial charge in [-0.05, 0) is 51.7 Å². The van der Waals surface area contributed by atoms with Gasteiger partial charge in [0.1, 0.15) is 5.82 Å². The number of aryl methyl sites for hydroxylation is 1. The van der Waals surface area contributed by atoms with Gasteiger partial charge in [-0.25, -0.2) is 4.39 Å². The molecule has 4 heteroatoms. The van der Waals surface area contributed by atoms with E-state index in [9.17, 15) is 4.39 Å². The molecule has 2 aromatic rings. The second kappa shape index (κ2) is 6.86. The molecule has 0 aliphatic rings. The number of anilines is 1. The van der Waals surface area contributed by atoms with Gasteiger partial charge in [-0.2, -0.15) is 0 Å². The van der Waals surface area contributed by atoms with Crippen molar-refractivity contribution in [1.29, 1.82) is 0 Å². The van der Waals surface area contributed by atoms with E-state index >= 15 is 0 Å². The topological polar surface area (TPSA) is 21.3 Å². The van der Waals surface area contributed by atoms with Crippen molar-refractivity contribution < 1.29 is 9.13 Å². The second-order valence-electron chi connectivity index (χ2n) is 4.68. The van der Waals surface area contributed by atoms with Crippen molar-refractivity contribution in [3.8, 4) is 0 Å². The van der Waals surface area contributed by atoms with Gasteiger partial charge in [-0.15, -0.1) is 0 Å². The molecule has 0 fully saturated rings. The smallest absolute Gasteiger partial charge is 0.137 e. The predicted octanol–water partition coefficient (Wildman–Crippen LogP) is 4.66. The van der Waals surface area contributed by atoms with Crippen molar-refractivity contribution in [2.24, 2.45) is 0 Å². The Labute approximate surface area is 127 Å². The quantitative estimate of drug-likeness (QED) is 0.856. The lowest BCUT2D eigenvalue weighted by atomic mass is 10.1. The number of nitrogens with one attached hydrogen (secondary N) is 1. The zero-order valence-electron chi connectivity index (χ0n) is 11.5. The summed E-state index contributed by atoms with van der Waals surface area (Å²) in [6.07, 6.45) is 0. The molecule has 0 spiro atoms. The van der Waals surface area contributed by atoms with Gasteiger partial charge in [0.25, 0.3) is 0 Å². The lowest BCUT2D eigenvalue weighted by Gasteiger charge is -2.11. The van der Waals surface area contributed by atoms with Crippen LogP contribution in [0.1, 0.15) is 16.7 Å². The van der Waals surface area contributed by atoms with Crippen LogP contribution in [0, 0.1) is 12.7 Å². The first kappa shape index (κ1) is 15.0. The Kier molecular flexibility index (Phi) is 5.15. The first-order chi connectivity index (χ1) is 9.60. The third-order valence-electron chi connectivity index (χ3n) is 3.08. The zero-order valence-corrected chi connectivity index (χ0v) is 13.1. The van der Waals surface area contributed by atoms with Gasteiger partial charge >= 0.3 is 0 Å². The van der Waals surface area contributed by atoms with Crippen LogP contribution in [0.5, 0.6) is 0 Å². The Morgan fingerprint density at radius 3 is 2.45 bits per heavy atom. The normalized spacial score (nSPS) is 10.6. The molecule has 0 amide bonds. The Balaban J connectivity index is 2.03. The summed E-state index contributed by atoms with van der Waals surface area (Å²) in [6.45, 7) is 3.21. The summed E-state index contributed by atoms with van der Waals surface area (Å²) in [4.78, 5) is 0. The average molecular weight is 338 g/mol. The maximum absolute atomic E-state index is 13.4. The molecule has 0 bridgehead atoms. The van der Waals surface area contributed by atoms with Crippen molar-refractivity contribution in [1.82, 2.24) is 0 Å². The molecule has 0 saturated heterocycles. The van der Waals surface area contributed by atoms with E-state index in [4.69, 9.17) is 4.74 Å². The van der Waals surface area contributed by atoms with Crippen molar-refractivity contribution in [2.75, 3.05) is 12.4 Å². The molecule has 2 nitrogen and oxygen atoms in total. The third kappa shape index (κ3) is 3.81. The predicted molar refractivity (Wildman–Crippen MR) is 83.3 cm³/mol. The average Bonchev–Trinajstić information content (AvgIpc) is 2.43. The molecule has 0 unspecified atom stereocenters. The van der Waals surface area contributed by atoms with E-state index in [0.29, 0.717) is 17.6 Å². The van der Waals surface area contributed by atoms with Crippen LogP contribution < -0.4 is 5.32 Å². The monoisotopic (exact) mass is 337 g/mol. The molecule has 0 radical (unpaired) electrons. The molecule has 2 aromatic carbocycles. The van der Waals surface area contributed by atoms with Gasteiger partial charge in [-0.1, -0.05) is 24.3 Å². The Morgan fingerprint density at radius 2 is 1.80 bits per heavy atom. The molecule has 0 saturated carbocycles. The number of hydrogen-bond acceptors (Lipinski definition) is 2. The molecule has 0 atom stereocenters. The lowest BCUT2D eigenvalue weighted by molar-refractivity contribution is 0.185. The lowest BCUT2D eigenvalue weighted by Crippen LogP contribution is -2.02. The van der Waals surface area contributed by atoms with Gasteiger partial charge in [0.05, 0.1) is 11.1 Å². The molecule has 20 heavy (non-hydrogen) atoms. The molecule has 2 rings (SSSR count). The molecular formula is C16H17BrFNO. The maximum Gasteiger partial charge on any atom is 0.137 e. The highest BCUT2D eigenvalue weighted by Gasteiger charge is 2.05. The number of methoxy groups -OCH3 is 1. The Morgan fingerprint density at radius 1 is 1.15 bits per heavy atom. The van der Waals surface area contributed by atoms with Crippen LogP contribution in [0.3, 0.4) is 0 Å². The highest BCUT2D eigenvalue weighted by Crippen LogP contribution is 2.24. The minimum absolute atomic E-state index is 0.239. The van der Waals surface area contributed by atoms with E-state index in [1.807, 2.05) is 19.1 Å². The number of rotatable bonds is 5. The van der Waals surface area contributed by atoms with E-state index in [-0.39, 0.29) is 5.82 Å². The SMILES string of the molecule is COCc1ccc(CNc2cc(Br)c(F)cc2C)cc1. The minimum Gasteiger partial charge on any atom is -0.381 e. The van der Waals surface area contributed by atoms with Crippen molar-refractivity contribution in [2.45, 2.75) is 20.1 Å². The number of ether oxygens (including phenoxy) is 1. The van der Waals surface area contributed by atoms with Crippen molar-refractivity contribution in [3.63, 3.8) is 0 Å². The fourth-order valence-corrected chi connectivity index (χ4v) is 2.30. The Hall–Kier alpha value is -1.39. The number of hydrogen-bond donors (Lipinski definition) is 1. The van der Waals surface area contributed by atoms with Crippen LogP contribution in [0.15, 0.2) is 40.9 Å².